The van der Waals surface area contributed by atoms with Crippen molar-refractivity contribution in [2.75, 3.05) is 7.15 Å². The van der Waals surface area contributed by atoms with E-state index >= 15 is 0 Å². The zero-order valence-electron chi connectivity index (χ0n) is 68.8. The minimum absolute atomic E-state index is 0. The van der Waals surface area contributed by atoms with E-state index in [1.54, 1.807) is 0 Å². The van der Waals surface area contributed by atoms with Crippen molar-refractivity contribution in [3.63, 3.8) is 0 Å². The van der Waals surface area contributed by atoms with Crippen LogP contribution >= 0.6 is 25.1 Å². The minimum Gasteiger partial charge on any atom is -1.00 e. The first kappa shape index (κ1) is 77.1. The first-order chi connectivity index (χ1) is 60.4. The monoisotopic (exact) mass is 1640 g/mol. The number of hydrogen-bond acceptors (Lipinski definition) is 6. The number of halogens is 2. The SMILES string of the molecule is Clc1nc(-c2ccccc2)cc(-c2ccccc2)n1.S.[2H]CF.[C+]1=CC2=C(C=C1)c1c(c3c(nc(-c4ccccc4)n3-c3ccccc3)c3c4ccccc4n(-c4ccccc4)c13)C2.[H-].[Na+].c1ccc(-c2cc(-c3ccccc3)nc(-n3c4ccccc4c4c5c(c6ccccc6n5-c5ccccc5)c5nc(-c6ccccc6)n(-c6ccccc6)c5c43)n2)cc1. The Hall–Kier alpha value is -14.5. The van der Waals surface area contributed by atoms with Gasteiger partial charge in [-0.05, 0) is 90.5 Å². The number of hydrogen-bond donors (Lipinski definition) is 0. The summed E-state index contributed by atoms with van der Waals surface area (Å²) in [6.07, 6.45) is 10.6. The first-order valence-corrected chi connectivity index (χ1v) is 40.6. The van der Waals surface area contributed by atoms with E-state index < -0.39 is 7.15 Å². The van der Waals surface area contributed by atoms with Crippen LogP contribution in [-0.4, -0.2) is 59.9 Å². The van der Waals surface area contributed by atoms with Crippen LogP contribution in [0, 0.1) is 6.08 Å². The van der Waals surface area contributed by atoms with Crippen LogP contribution in [0.2, 0.25) is 5.28 Å². The minimum atomic E-state index is -1.00. The predicted octanol–water partition coefficient (Wildman–Crippen LogP) is 24.3. The summed E-state index contributed by atoms with van der Waals surface area (Å²) in [6.45, 7) is 0. The number of alkyl halides is 1. The molecule has 2 aliphatic carbocycles. The molecule has 2 aliphatic rings. The molecule has 15 heteroatoms. The second-order valence-electron chi connectivity index (χ2n) is 29.7. The van der Waals surface area contributed by atoms with Crippen molar-refractivity contribution >= 4 is 118 Å². The number of allylic oxidation sites excluding steroid dienone is 6. The molecule has 582 valence electrons. The fourth-order valence-electron chi connectivity index (χ4n) is 17.7. The summed E-state index contributed by atoms with van der Waals surface area (Å²) in [4.78, 5) is 30.7. The Morgan fingerprint density at radius 2 is 0.659 bits per heavy atom. The molecule has 0 amide bonds. The molecular weight excluding hydrogens is 1560 g/mol. The fourth-order valence-corrected chi connectivity index (χ4v) is 17.9. The van der Waals surface area contributed by atoms with Gasteiger partial charge in [0.25, 0.3) is 0 Å². The van der Waals surface area contributed by atoms with Gasteiger partial charge in [-0.1, -0.05) is 309 Å². The van der Waals surface area contributed by atoms with Gasteiger partial charge in [-0.3, -0.25) is 18.1 Å². The number of fused-ring (bicyclic) bond motifs is 19. The van der Waals surface area contributed by atoms with Gasteiger partial charge < -0.3 is 10.6 Å². The van der Waals surface area contributed by atoms with Crippen LogP contribution in [0.3, 0.4) is 0 Å². The summed E-state index contributed by atoms with van der Waals surface area (Å²) in [6, 6.07) is 135. The maximum absolute atomic E-state index is 9.96. The average molecular weight is 1640 g/mol. The van der Waals surface area contributed by atoms with Gasteiger partial charge in [-0.25, -0.2) is 29.9 Å². The van der Waals surface area contributed by atoms with E-state index in [9.17, 15) is 4.39 Å². The van der Waals surface area contributed by atoms with Crippen molar-refractivity contribution in [3.05, 3.63) is 435 Å². The smallest absolute Gasteiger partial charge is 1.00 e. The molecule has 22 aromatic rings. The van der Waals surface area contributed by atoms with Gasteiger partial charge in [0.1, 0.15) is 29.3 Å². The maximum Gasteiger partial charge on any atom is 1.00 e. The molecule has 0 radical (unpaired) electrons. The Morgan fingerprint density at radius 3 is 1.07 bits per heavy atom. The van der Waals surface area contributed by atoms with Crippen molar-refractivity contribution in [3.8, 4) is 96.5 Å². The van der Waals surface area contributed by atoms with Crippen molar-refractivity contribution in [2.24, 2.45) is 0 Å². The molecule has 0 saturated heterocycles. The van der Waals surface area contributed by atoms with E-state index in [0.717, 1.165) is 157 Å². The summed E-state index contributed by atoms with van der Waals surface area (Å²) in [5.41, 5.74) is 29.9. The summed E-state index contributed by atoms with van der Waals surface area (Å²) in [5, 5.41) is 7.13. The van der Waals surface area contributed by atoms with Crippen molar-refractivity contribution in [2.45, 2.75) is 6.42 Å². The average Bonchev–Trinajstić information content (AvgIpc) is 1.51. The molecule has 0 aliphatic heterocycles. The summed E-state index contributed by atoms with van der Waals surface area (Å²) < 4.78 is 27.4. The van der Waals surface area contributed by atoms with E-state index in [4.69, 9.17) is 32.9 Å². The van der Waals surface area contributed by atoms with Crippen LogP contribution < -0.4 is 29.6 Å². The zero-order chi connectivity index (χ0) is 81.6. The molecule has 7 heterocycles. The van der Waals surface area contributed by atoms with Crippen LogP contribution in [0.25, 0.3) is 190 Å². The molecule has 0 N–H and O–H groups in total. The van der Waals surface area contributed by atoms with Crippen molar-refractivity contribution < 1.29 is 36.7 Å². The third kappa shape index (κ3) is 13.9. The summed E-state index contributed by atoms with van der Waals surface area (Å²) in [5.74, 6) is 2.40. The van der Waals surface area contributed by atoms with Gasteiger partial charge in [0.2, 0.25) is 11.2 Å². The van der Waals surface area contributed by atoms with Crippen LogP contribution in [0.1, 0.15) is 13.9 Å². The largest absolute Gasteiger partial charge is 1.00 e. The maximum atomic E-state index is 9.96. The molecule has 7 aromatic heterocycles. The Kier molecular flexibility index (Phi) is 21.3. The van der Waals surface area contributed by atoms with Gasteiger partial charge in [0.15, 0.2) is 0 Å². The van der Waals surface area contributed by atoms with Crippen LogP contribution in [0.4, 0.5) is 4.39 Å². The Balaban J connectivity index is 0.000000139. The number of nitrogens with zero attached hydrogens (tertiary/aromatic N) is 11. The second-order valence-corrected chi connectivity index (χ2v) is 30.0. The van der Waals surface area contributed by atoms with Gasteiger partial charge >= 0.3 is 29.6 Å². The van der Waals surface area contributed by atoms with E-state index in [1.165, 1.54) is 49.6 Å². The number of para-hydroxylation sites is 7. The van der Waals surface area contributed by atoms with E-state index in [-0.39, 0.29) is 49.8 Å². The van der Waals surface area contributed by atoms with Gasteiger partial charge in [-0.15, -0.1) is 0 Å². The number of aromatic nitrogens is 11. The third-order valence-electron chi connectivity index (χ3n) is 22.7. The number of rotatable bonds is 11. The molecule has 11 nitrogen and oxygen atoms in total. The molecule has 0 unspecified atom stereocenters. The molecule has 0 bridgehead atoms. The Labute approximate surface area is 746 Å². The molecule has 0 spiro atoms. The number of benzene rings is 15. The second kappa shape index (κ2) is 34.0. The molecule has 0 saturated carbocycles. The van der Waals surface area contributed by atoms with Crippen LogP contribution in [0.5, 0.6) is 0 Å². The normalized spacial score (nSPS) is 12.0. The van der Waals surface area contributed by atoms with Gasteiger partial charge in [0, 0.05) is 112 Å². The molecule has 0 atom stereocenters. The standard InChI is InChI=1S/C53H34N6.C38H24N3.C16H11ClN2.CH3F.Na.H2S.H/c1-6-20-35(21-7-1)42-34-43(36-22-8-2-9-23-36)55-53(54-42)59-45-33-19-17-31-41(45)47-49-46(40-30-16-18-32-44(40)57(49)38-26-12-4-13-27-38)48-51(50(47)59)58(39-28-14-5-15-29-39)52(56-48)37-24-10-3-11-25-37;1-4-14-25(15-5-1)38-39-35-34-30-22-12-13-23-32(30)40(27-17-6-2-7-18-27)37(34)33-29-21-11-10-16-26(29)24-31(33)36(35)41(38)28-19-8-3-9-20-28;17-16-18-14(12-7-3-1-4-8-12)11-15(19-16)13-9-5-2-6-10-13;1-2;;;/h1-34H;1-9,11-23H,24H2;1-11H;1H3;;1H2;/q;+1;;;+1;;-1/i;;;1D;;;. The molecular formula is C108H75ClFN11NaS+. The van der Waals surface area contributed by atoms with Gasteiger partial charge in [-0.2, -0.15) is 13.5 Å². The van der Waals surface area contributed by atoms with Gasteiger partial charge in [0.05, 0.1) is 98.2 Å². The summed E-state index contributed by atoms with van der Waals surface area (Å²) >= 11 is 6.03. The Morgan fingerprint density at radius 1 is 0.341 bits per heavy atom. The first-order valence-electron chi connectivity index (χ1n) is 40.9. The topological polar surface area (TPSA) is 102 Å². The van der Waals surface area contributed by atoms with Crippen molar-refractivity contribution in [1.82, 2.24) is 52.7 Å². The van der Waals surface area contributed by atoms with Crippen molar-refractivity contribution in [1.29, 1.82) is 0 Å². The fraction of sp³-hybridized carbons (Fsp3) is 0.0185. The molecule has 0 fully saturated rings. The zero-order valence-corrected chi connectivity index (χ0v) is 70.5. The number of imidazole rings is 2. The van der Waals surface area contributed by atoms with E-state index in [0.29, 0.717) is 5.95 Å². The summed E-state index contributed by atoms with van der Waals surface area (Å²) in [7, 11) is -1.00. The van der Waals surface area contributed by atoms with Crippen LogP contribution in [-0.2, 0) is 6.42 Å². The predicted molar refractivity (Wildman–Crippen MR) is 507 cm³/mol. The molecule has 15 aromatic carbocycles. The van der Waals surface area contributed by atoms with E-state index in [1.807, 2.05) is 84.9 Å². The van der Waals surface area contributed by atoms with E-state index in [2.05, 4.69) is 360 Å². The third-order valence-corrected chi connectivity index (χ3v) is 22.9. The molecule has 24 rings (SSSR count). The van der Waals surface area contributed by atoms with Crippen LogP contribution in [0.15, 0.2) is 412 Å². The quantitative estimate of drug-likeness (QED) is 0.0726. The molecule has 123 heavy (non-hydrogen) atoms. The Bertz CT molecular complexity index is 7700.